The predicted molar refractivity (Wildman–Crippen MR) is 104 cm³/mol. The summed E-state index contributed by atoms with van der Waals surface area (Å²) in [5.41, 5.74) is -0.0608. The van der Waals surface area contributed by atoms with Crippen LogP contribution in [0.4, 0.5) is 10.5 Å². The van der Waals surface area contributed by atoms with E-state index in [2.05, 4.69) is 10.6 Å². The van der Waals surface area contributed by atoms with Crippen molar-refractivity contribution < 1.29 is 19.2 Å². The molecule has 144 valence electrons. The van der Waals surface area contributed by atoms with Crippen LogP contribution in [-0.4, -0.2) is 35.1 Å². The Morgan fingerprint density at radius 3 is 2.54 bits per heavy atom. The molecule has 28 heavy (non-hydrogen) atoms. The Labute approximate surface area is 166 Å². The van der Waals surface area contributed by atoms with E-state index in [1.165, 1.54) is 13.0 Å². The minimum Gasteiger partial charge on any atom is -0.325 e. The van der Waals surface area contributed by atoms with Crippen LogP contribution in [0.3, 0.4) is 0 Å². The van der Waals surface area contributed by atoms with Gasteiger partial charge in [0, 0.05) is 21.8 Å². The maximum atomic E-state index is 12.9. The summed E-state index contributed by atoms with van der Waals surface area (Å²) in [5.74, 6) is -1.27. The third-order valence-corrected chi connectivity index (χ3v) is 4.87. The first-order valence-electron chi connectivity index (χ1n) is 8.52. The van der Waals surface area contributed by atoms with Crippen molar-refractivity contribution >= 4 is 40.9 Å². The molecule has 1 aliphatic heterocycles. The Morgan fingerprint density at radius 2 is 1.86 bits per heavy atom. The number of nitrogens with zero attached hydrogens (tertiary/aromatic N) is 1. The van der Waals surface area contributed by atoms with E-state index >= 15 is 0 Å². The molecule has 1 unspecified atom stereocenters. The number of amides is 4. The Balaban J connectivity index is 1.76. The number of hydrogen-bond acceptors (Lipinski definition) is 4. The number of hydrogen-bond donors (Lipinski definition) is 2. The third kappa shape index (κ3) is 3.61. The normalized spacial score (nSPS) is 18.8. The zero-order valence-corrected chi connectivity index (χ0v) is 16.0. The molecule has 1 fully saturated rings. The summed E-state index contributed by atoms with van der Waals surface area (Å²) in [6, 6.07) is 12.4. The van der Waals surface area contributed by atoms with E-state index in [0.29, 0.717) is 21.8 Å². The maximum absolute atomic E-state index is 12.9. The van der Waals surface area contributed by atoms with Gasteiger partial charge in [-0.05, 0) is 32.0 Å². The summed E-state index contributed by atoms with van der Waals surface area (Å²) in [6.07, 6.45) is 0. The number of nitrogens with one attached hydrogen (secondary N) is 2. The molecule has 0 bridgehead atoms. The molecule has 8 heteroatoms. The van der Waals surface area contributed by atoms with Gasteiger partial charge in [-0.3, -0.25) is 19.3 Å². The lowest BCUT2D eigenvalue weighted by atomic mass is 9.92. The molecule has 0 spiro atoms. The Hall–Kier alpha value is -3.19. The number of benzene rings is 2. The fourth-order valence-corrected chi connectivity index (χ4v) is 3.37. The van der Waals surface area contributed by atoms with Crippen LogP contribution >= 0.6 is 11.6 Å². The van der Waals surface area contributed by atoms with Crippen LogP contribution in [-0.2, 0) is 15.1 Å². The minimum atomic E-state index is -1.36. The van der Waals surface area contributed by atoms with E-state index in [-0.39, 0.29) is 5.78 Å². The van der Waals surface area contributed by atoms with Gasteiger partial charge in [-0.15, -0.1) is 0 Å². The smallest absolute Gasteiger partial charge is 0.325 e. The molecule has 0 saturated carbocycles. The highest BCUT2D eigenvalue weighted by Crippen LogP contribution is 2.33. The lowest BCUT2D eigenvalue weighted by molar-refractivity contribution is -0.133. The molecular formula is C20H18ClN3O4. The standard InChI is InChI=1S/C20H18ClN3O4/c1-12(25)13-6-5-7-14(10-13)22-17(26)11-24-18(27)20(2,23-19(24)28)15-8-3-4-9-16(15)21/h3-10H,11H2,1-2H3,(H,22,26)(H,23,28). The van der Waals surface area contributed by atoms with Gasteiger partial charge in [0.2, 0.25) is 5.91 Å². The van der Waals surface area contributed by atoms with E-state index < -0.39 is 29.9 Å². The van der Waals surface area contributed by atoms with Crippen molar-refractivity contribution in [1.82, 2.24) is 10.2 Å². The number of Topliss-reactive ketones (excluding diaryl/α,β-unsaturated/α-hetero) is 1. The largest absolute Gasteiger partial charge is 0.325 e. The molecule has 7 nitrogen and oxygen atoms in total. The van der Waals surface area contributed by atoms with Crippen LogP contribution in [0.25, 0.3) is 0 Å². The van der Waals surface area contributed by atoms with Crippen molar-refractivity contribution in [3.05, 3.63) is 64.7 Å². The average Bonchev–Trinajstić information content (AvgIpc) is 2.86. The second-order valence-electron chi connectivity index (χ2n) is 6.61. The van der Waals surface area contributed by atoms with Crippen LogP contribution in [0, 0.1) is 0 Å². The molecule has 2 aromatic carbocycles. The molecule has 1 heterocycles. The third-order valence-electron chi connectivity index (χ3n) is 4.54. The van der Waals surface area contributed by atoms with Crippen LogP contribution in [0.1, 0.15) is 29.8 Å². The van der Waals surface area contributed by atoms with E-state index in [1.54, 1.807) is 49.4 Å². The van der Waals surface area contributed by atoms with Gasteiger partial charge in [0.1, 0.15) is 12.1 Å². The molecule has 1 aliphatic rings. The molecule has 4 amide bonds. The van der Waals surface area contributed by atoms with Gasteiger partial charge >= 0.3 is 6.03 Å². The number of carbonyl (C=O) groups excluding carboxylic acids is 4. The van der Waals surface area contributed by atoms with Gasteiger partial charge in [-0.1, -0.05) is 41.9 Å². The monoisotopic (exact) mass is 399 g/mol. The molecule has 1 saturated heterocycles. The van der Waals surface area contributed by atoms with Gasteiger partial charge in [0.15, 0.2) is 5.78 Å². The van der Waals surface area contributed by atoms with Crippen molar-refractivity contribution in [3.8, 4) is 0 Å². The average molecular weight is 400 g/mol. The van der Waals surface area contributed by atoms with E-state index in [4.69, 9.17) is 11.6 Å². The fourth-order valence-electron chi connectivity index (χ4n) is 3.05. The summed E-state index contributed by atoms with van der Waals surface area (Å²) in [5, 5.41) is 5.54. The summed E-state index contributed by atoms with van der Waals surface area (Å²) in [6.45, 7) is 2.50. The number of halogens is 1. The Morgan fingerprint density at radius 1 is 1.14 bits per heavy atom. The lowest BCUT2D eigenvalue weighted by Crippen LogP contribution is -2.42. The molecular weight excluding hydrogens is 382 g/mol. The Kier molecular flexibility index (Phi) is 5.20. The van der Waals surface area contributed by atoms with Gasteiger partial charge in [0.05, 0.1) is 0 Å². The highest BCUT2D eigenvalue weighted by Gasteiger charge is 2.50. The van der Waals surface area contributed by atoms with Crippen molar-refractivity contribution in [2.24, 2.45) is 0 Å². The van der Waals surface area contributed by atoms with Crippen molar-refractivity contribution in [2.75, 3.05) is 11.9 Å². The fraction of sp³-hybridized carbons (Fsp3) is 0.200. The number of anilines is 1. The highest BCUT2D eigenvalue weighted by molar-refractivity contribution is 6.32. The second kappa shape index (κ2) is 7.44. The molecule has 2 N–H and O–H groups in total. The number of imide groups is 1. The summed E-state index contributed by atoms with van der Waals surface area (Å²) in [7, 11) is 0. The lowest BCUT2D eigenvalue weighted by Gasteiger charge is -2.23. The first-order valence-corrected chi connectivity index (χ1v) is 8.90. The zero-order chi connectivity index (χ0) is 20.5. The van der Waals surface area contributed by atoms with Crippen LogP contribution in [0.2, 0.25) is 5.02 Å². The predicted octanol–water partition coefficient (Wildman–Crippen LogP) is 2.95. The van der Waals surface area contributed by atoms with Crippen LogP contribution in [0.5, 0.6) is 0 Å². The first kappa shape index (κ1) is 19.6. The number of ketones is 1. The highest BCUT2D eigenvalue weighted by atomic mass is 35.5. The number of rotatable bonds is 5. The summed E-state index contributed by atoms with van der Waals surface area (Å²) >= 11 is 6.18. The van der Waals surface area contributed by atoms with Crippen LogP contribution < -0.4 is 10.6 Å². The molecule has 0 aliphatic carbocycles. The quantitative estimate of drug-likeness (QED) is 0.596. The molecule has 0 aromatic heterocycles. The molecule has 2 aromatic rings. The van der Waals surface area contributed by atoms with Crippen molar-refractivity contribution in [3.63, 3.8) is 0 Å². The Bertz CT molecular complexity index is 991. The maximum Gasteiger partial charge on any atom is 0.325 e. The summed E-state index contributed by atoms with van der Waals surface area (Å²) < 4.78 is 0. The van der Waals surface area contributed by atoms with Crippen LogP contribution in [0.15, 0.2) is 48.5 Å². The van der Waals surface area contributed by atoms with Gasteiger partial charge in [-0.25, -0.2) is 4.79 Å². The topological polar surface area (TPSA) is 95.6 Å². The van der Waals surface area contributed by atoms with E-state index in [1.807, 2.05) is 0 Å². The van der Waals surface area contributed by atoms with Crippen molar-refractivity contribution in [2.45, 2.75) is 19.4 Å². The second-order valence-corrected chi connectivity index (χ2v) is 7.02. The first-order chi connectivity index (χ1) is 13.2. The van der Waals surface area contributed by atoms with Crippen molar-refractivity contribution in [1.29, 1.82) is 0 Å². The minimum absolute atomic E-state index is 0.138. The molecule has 0 radical (unpaired) electrons. The number of carbonyl (C=O) groups is 4. The zero-order valence-electron chi connectivity index (χ0n) is 15.3. The van der Waals surface area contributed by atoms with Gasteiger partial charge < -0.3 is 10.6 Å². The van der Waals surface area contributed by atoms with E-state index in [0.717, 1.165) is 4.90 Å². The van der Waals surface area contributed by atoms with Gasteiger partial charge in [-0.2, -0.15) is 0 Å². The van der Waals surface area contributed by atoms with Gasteiger partial charge in [0.25, 0.3) is 5.91 Å². The summed E-state index contributed by atoms with van der Waals surface area (Å²) in [4.78, 5) is 49.9. The molecule has 3 rings (SSSR count). The van der Waals surface area contributed by atoms with E-state index in [9.17, 15) is 19.2 Å². The number of urea groups is 1. The molecule has 1 atom stereocenters. The SMILES string of the molecule is CC(=O)c1cccc(NC(=O)CN2C(=O)NC(C)(c3ccccc3Cl)C2=O)c1.